The molecule has 0 bridgehead atoms. The van der Waals surface area contributed by atoms with Gasteiger partial charge in [0.2, 0.25) is 0 Å². The molecule has 20 heavy (non-hydrogen) atoms. The van der Waals surface area contributed by atoms with Crippen molar-refractivity contribution >= 4 is 11.8 Å². The summed E-state index contributed by atoms with van der Waals surface area (Å²) in [5.74, 6) is 0.198. The van der Waals surface area contributed by atoms with Crippen LogP contribution in [0.1, 0.15) is 44.9 Å². The Labute approximate surface area is 120 Å². The van der Waals surface area contributed by atoms with Crippen molar-refractivity contribution in [3.8, 4) is 0 Å². The van der Waals surface area contributed by atoms with E-state index in [1.165, 1.54) is 7.11 Å². The second-order valence-electron chi connectivity index (χ2n) is 5.52. The third-order valence-corrected chi connectivity index (χ3v) is 3.72. The lowest BCUT2D eigenvalue weighted by atomic mass is 9.89. The molecule has 1 heterocycles. The normalized spacial score (nSPS) is 22.6. The third-order valence-electron chi connectivity index (χ3n) is 3.72. The van der Waals surface area contributed by atoms with Crippen molar-refractivity contribution in [1.82, 2.24) is 5.32 Å². The summed E-state index contributed by atoms with van der Waals surface area (Å²) in [5, 5.41) is 29.5. The van der Waals surface area contributed by atoms with Crippen LogP contribution >= 0.6 is 0 Å². The molecule has 0 amide bonds. The quantitative estimate of drug-likeness (QED) is 0.519. The van der Waals surface area contributed by atoms with E-state index in [1.54, 1.807) is 0 Å². The van der Waals surface area contributed by atoms with E-state index in [9.17, 15) is 9.90 Å². The Bertz CT molecular complexity index is 322. The SMILES string of the molecule is COC(=O)CC(CC(O)CO)CC1CCCCC(=N)N1. The zero-order chi connectivity index (χ0) is 15.0. The summed E-state index contributed by atoms with van der Waals surface area (Å²) in [5.41, 5.74) is 0. The smallest absolute Gasteiger partial charge is 0.305 e. The molecular formula is C14H26N2O4. The number of aliphatic hydroxyl groups is 2. The maximum Gasteiger partial charge on any atom is 0.305 e. The molecule has 0 aromatic heterocycles. The van der Waals surface area contributed by atoms with E-state index >= 15 is 0 Å². The Morgan fingerprint density at radius 2 is 2.30 bits per heavy atom. The van der Waals surface area contributed by atoms with Crippen LogP contribution in [-0.4, -0.2) is 47.9 Å². The van der Waals surface area contributed by atoms with Gasteiger partial charge in [-0.15, -0.1) is 0 Å². The number of rotatable bonds is 7. The average molecular weight is 286 g/mol. The molecule has 1 aliphatic heterocycles. The maximum absolute atomic E-state index is 11.4. The Morgan fingerprint density at radius 1 is 1.55 bits per heavy atom. The van der Waals surface area contributed by atoms with Gasteiger partial charge in [-0.1, -0.05) is 6.42 Å². The lowest BCUT2D eigenvalue weighted by Gasteiger charge is -2.24. The summed E-state index contributed by atoms with van der Waals surface area (Å²) >= 11 is 0. The van der Waals surface area contributed by atoms with Gasteiger partial charge in [-0.05, 0) is 31.6 Å². The van der Waals surface area contributed by atoms with Crippen LogP contribution < -0.4 is 5.32 Å². The van der Waals surface area contributed by atoms with Crippen LogP contribution in [0.25, 0.3) is 0 Å². The van der Waals surface area contributed by atoms with Crippen LogP contribution in [0.4, 0.5) is 0 Å². The summed E-state index contributed by atoms with van der Waals surface area (Å²) in [6.45, 7) is -0.300. The van der Waals surface area contributed by atoms with Gasteiger partial charge in [0.05, 0.1) is 25.7 Å². The highest BCUT2D eigenvalue weighted by atomic mass is 16.5. The minimum atomic E-state index is -0.810. The van der Waals surface area contributed by atoms with Gasteiger partial charge >= 0.3 is 5.97 Å². The molecule has 0 aromatic carbocycles. The molecule has 6 nitrogen and oxygen atoms in total. The van der Waals surface area contributed by atoms with Crippen molar-refractivity contribution in [3.05, 3.63) is 0 Å². The fourth-order valence-corrected chi connectivity index (χ4v) is 2.70. The zero-order valence-electron chi connectivity index (χ0n) is 12.1. The van der Waals surface area contributed by atoms with Crippen molar-refractivity contribution in [1.29, 1.82) is 5.41 Å². The second-order valence-corrected chi connectivity index (χ2v) is 5.52. The first kappa shape index (κ1) is 16.9. The van der Waals surface area contributed by atoms with Gasteiger partial charge in [0.25, 0.3) is 0 Å². The minimum Gasteiger partial charge on any atom is -0.469 e. The van der Waals surface area contributed by atoms with E-state index in [1.807, 2.05) is 0 Å². The van der Waals surface area contributed by atoms with Gasteiger partial charge in [-0.3, -0.25) is 10.2 Å². The number of methoxy groups -OCH3 is 1. The van der Waals surface area contributed by atoms with Crippen LogP contribution in [0, 0.1) is 11.3 Å². The number of carbonyl (C=O) groups is 1. The van der Waals surface area contributed by atoms with Gasteiger partial charge in [0, 0.05) is 18.9 Å². The van der Waals surface area contributed by atoms with Gasteiger partial charge < -0.3 is 20.3 Å². The molecule has 1 aliphatic rings. The molecule has 0 aromatic rings. The number of hydrogen-bond acceptors (Lipinski definition) is 5. The number of ether oxygens (including phenoxy) is 1. The molecule has 0 spiro atoms. The first-order chi connectivity index (χ1) is 9.55. The minimum absolute atomic E-state index is 0.0481. The molecule has 1 fully saturated rings. The van der Waals surface area contributed by atoms with Crippen LogP contribution in [0.2, 0.25) is 0 Å². The summed E-state index contributed by atoms with van der Waals surface area (Å²) in [6.07, 6.45) is 4.32. The first-order valence-corrected chi connectivity index (χ1v) is 7.24. The zero-order valence-corrected chi connectivity index (χ0v) is 12.1. The Balaban J connectivity index is 2.56. The lowest BCUT2D eigenvalue weighted by Crippen LogP contribution is -2.35. The van der Waals surface area contributed by atoms with Crippen molar-refractivity contribution in [3.63, 3.8) is 0 Å². The Kier molecular flexibility index (Phi) is 7.54. The fourth-order valence-electron chi connectivity index (χ4n) is 2.70. The average Bonchev–Trinajstić information content (AvgIpc) is 2.62. The monoisotopic (exact) mass is 286 g/mol. The highest BCUT2D eigenvalue weighted by Crippen LogP contribution is 2.22. The predicted octanol–water partition coefficient (Wildman–Crippen LogP) is 0.809. The third kappa shape index (κ3) is 6.34. The van der Waals surface area contributed by atoms with E-state index in [0.717, 1.165) is 25.7 Å². The van der Waals surface area contributed by atoms with Crippen molar-refractivity contribution in [2.24, 2.45) is 5.92 Å². The molecular weight excluding hydrogens is 260 g/mol. The highest BCUT2D eigenvalue weighted by molar-refractivity contribution is 5.79. The van der Waals surface area contributed by atoms with Crippen LogP contribution in [0.3, 0.4) is 0 Å². The molecule has 0 radical (unpaired) electrons. The van der Waals surface area contributed by atoms with E-state index < -0.39 is 6.10 Å². The largest absolute Gasteiger partial charge is 0.469 e. The molecule has 0 saturated carbocycles. The van der Waals surface area contributed by atoms with Crippen LogP contribution in [-0.2, 0) is 9.53 Å². The number of nitrogens with one attached hydrogen (secondary N) is 2. The Hall–Kier alpha value is -1.14. The van der Waals surface area contributed by atoms with E-state index in [-0.39, 0.29) is 31.0 Å². The van der Waals surface area contributed by atoms with Gasteiger partial charge in [0.1, 0.15) is 0 Å². The first-order valence-electron chi connectivity index (χ1n) is 7.24. The summed E-state index contributed by atoms with van der Waals surface area (Å²) < 4.78 is 4.69. The maximum atomic E-state index is 11.4. The van der Waals surface area contributed by atoms with E-state index in [4.69, 9.17) is 10.5 Å². The summed E-state index contributed by atoms with van der Waals surface area (Å²) in [6, 6.07) is 0.158. The number of carbonyl (C=O) groups excluding carboxylic acids is 1. The molecule has 1 saturated heterocycles. The topological polar surface area (TPSA) is 103 Å². The predicted molar refractivity (Wildman–Crippen MR) is 75.6 cm³/mol. The molecule has 3 unspecified atom stereocenters. The van der Waals surface area contributed by atoms with Gasteiger partial charge in [0.15, 0.2) is 0 Å². The van der Waals surface area contributed by atoms with Crippen molar-refractivity contribution < 1.29 is 19.7 Å². The van der Waals surface area contributed by atoms with Crippen molar-refractivity contribution in [2.75, 3.05) is 13.7 Å². The van der Waals surface area contributed by atoms with Crippen molar-refractivity contribution in [2.45, 2.75) is 57.1 Å². The molecule has 1 rings (SSSR count). The number of hydrogen-bond donors (Lipinski definition) is 4. The number of esters is 1. The fraction of sp³-hybridized carbons (Fsp3) is 0.857. The molecule has 116 valence electrons. The summed E-state index contributed by atoms with van der Waals surface area (Å²) in [4.78, 5) is 11.4. The van der Waals surface area contributed by atoms with Gasteiger partial charge in [-0.25, -0.2) is 0 Å². The van der Waals surface area contributed by atoms with E-state index in [2.05, 4.69) is 10.1 Å². The van der Waals surface area contributed by atoms with Crippen LogP contribution in [0.15, 0.2) is 0 Å². The van der Waals surface area contributed by atoms with Gasteiger partial charge in [-0.2, -0.15) is 0 Å². The molecule has 0 aliphatic carbocycles. The summed E-state index contributed by atoms with van der Waals surface area (Å²) in [7, 11) is 1.35. The molecule has 4 N–H and O–H groups in total. The van der Waals surface area contributed by atoms with E-state index in [0.29, 0.717) is 18.7 Å². The lowest BCUT2D eigenvalue weighted by molar-refractivity contribution is -0.142. The van der Waals surface area contributed by atoms with Crippen LogP contribution in [0.5, 0.6) is 0 Å². The standard InChI is InChI=1S/C14H26N2O4/c1-20-14(19)8-10(7-12(18)9-17)6-11-4-2-3-5-13(15)16-11/h10-12,17-18H,2-9H2,1H3,(H2,15,16). The molecule has 6 heteroatoms. The number of aliphatic hydroxyl groups excluding tert-OH is 2. The second kappa shape index (κ2) is 8.92. The highest BCUT2D eigenvalue weighted by Gasteiger charge is 2.23. The number of amidine groups is 1. The Morgan fingerprint density at radius 3 is 2.95 bits per heavy atom. The molecule has 3 atom stereocenters.